The van der Waals surface area contributed by atoms with Gasteiger partial charge in [-0.3, -0.25) is 4.79 Å². The molecular formula is C15H20FNO3. The summed E-state index contributed by atoms with van der Waals surface area (Å²) >= 11 is 0. The van der Waals surface area contributed by atoms with E-state index in [1.165, 1.54) is 6.07 Å². The molecule has 2 rings (SSSR count). The second-order valence-electron chi connectivity index (χ2n) is 4.92. The van der Waals surface area contributed by atoms with Crippen molar-refractivity contribution < 1.29 is 18.7 Å². The minimum absolute atomic E-state index is 0.00219. The summed E-state index contributed by atoms with van der Waals surface area (Å²) in [6.07, 6.45) is 2.55. The molecule has 1 aromatic rings. The second-order valence-corrected chi connectivity index (χ2v) is 4.92. The van der Waals surface area contributed by atoms with Crippen molar-refractivity contribution in [2.24, 2.45) is 5.92 Å². The van der Waals surface area contributed by atoms with Crippen LogP contribution in [0.3, 0.4) is 0 Å². The van der Waals surface area contributed by atoms with Crippen LogP contribution in [0.15, 0.2) is 24.3 Å². The molecule has 0 saturated carbocycles. The third kappa shape index (κ3) is 4.81. The number of carbonyl (C=O) groups is 1. The van der Waals surface area contributed by atoms with Crippen molar-refractivity contribution in [1.82, 2.24) is 5.32 Å². The number of nitrogens with one attached hydrogen (secondary N) is 1. The van der Waals surface area contributed by atoms with E-state index in [4.69, 9.17) is 9.47 Å². The van der Waals surface area contributed by atoms with Crippen LogP contribution in [-0.2, 0) is 9.53 Å². The maximum atomic E-state index is 13.3. The van der Waals surface area contributed by atoms with Crippen molar-refractivity contribution in [2.75, 3.05) is 26.4 Å². The van der Waals surface area contributed by atoms with Gasteiger partial charge >= 0.3 is 0 Å². The van der Waals surface area contributed by atoms with Gasteiger partial charge in [0, 0.05) is 19.6 Å². The summed E-state index contributed by atoms with van der Waals surface area (Å²) < 4.78 is 23.9. The summed E-state index contributed by atoms with van der Waals surface area (Å²) in [4.78, 5) is 11.7. The molecule has 0 spiro atoms. The molecule has 0 radical (unpaired) electrons. The summed E-state index contributed by atoms with van der Waals surface area (Å²) in [5.41, 5.74) is 0. The lowest BCUT2D eigenvalue weighted by atomic mass is 9.98. The summed E-state index contributed by atoms with van der Waals surface area (Å²) in [7, 11) is 0. The molecule has 20 heavy (non-hydrogen) atoms. The van der Waals surface area contributed by atoms with Gasteiger partial charge in [0.1, 0.15) is 6.61 Å². The minimum Gasteiger partial charge on any atom is -0.489 e. The highest BCUT2D eigenvalue weighted by atomic mass is 19.1. The molecule has 1 unspecified atom stereocenters. The number of hydrogen-bond donors (Lipinski definition) is 1. The van der Waals surface area contributed by atoms with E-state index in [1.54, 1.807) is 18.2 Å². The van der Waals surface area contributed by atoms with Crippen molar-refractivity contribution in [3.63, 3.8) is 0 Å². The van der Waals surface area contributed by atoms with E-state index in [0.717, 1.165) is 19.4 Å². The number of amides is 1. The Morgan fingerprint density at radius 2 is 2.30 bits per heavy atom. The zero-order valence-electron chi connectivity index (χ0n) is 11.4. The molecule has 1 atom stereocenters. The van der Waals surface area contributed by atoms with Crippen molar-refractivity contribution in [1.29, 1.82) is 0 Å². The number of carbonyl (C=O) groups excluding carboxylic acids is 1. The molecule has 1 aromatic carbocycles. The van der Waals surface area contributed by atoms with Gasteiger partial charge in [-0.2, -0.15) is 0 Å². The molecular weight excluding hydrogens is 261 g/mol. The first-order valence-corrected chi connectivity index (χ1v) is 6.97. The first-order valence-electron chi connectivity index (χ1n) is 6.97. The molecule has 1 saturated heterocycles. The van der Waals surface area contributed by atoms with Gasteiger partial charge in [-0.05, 0) is 30.9 Å². The number of para-hydroxylation sites is 1. The Morgan fingerprint density at radius 1 is 1.45 bits per heavy atom. The van der Waals surface area contributed by atoms with Crippen molar-refractivity contribution in [2.45, 2.75) is 19.3 Å². The van der Waals surface area contributed by atoms with Crippen LogP contribution >= 0.6 is 0 Å². The fourth-order valence-corrected chi connectivity index (χ4v) is 2.22. The maximum Gasteiger partial charge on any atom is 0.220 e. The van der Waals surface area contributed by atoms with Gasteiger partial charge in [0.25, 0.3) is 0 Å². The summed E-state index contributed by atoms with van der Waals surface area (Å²) in [5.74, 6) is 0.134. The molecule has 0 aliphatic carbocycles. The SMILES string of the molecule is O=C(CC1CCCOC1)NCCOc1ccccc1F. The molecule has 1 fully saturated rings. The van der Waals surface area contributed by atoms with Crippen LogP contribution in [0.25, 0.3) is 0 Å². The van der Waals surface area contributed by atoms with Crippen LogP contribution in [-0.4, -0.2) is 32.3 Å². The largest absolute Gasteiger partial charge is 0.489 e. The Morgan fingerprint density at radius 3 is 3.05 bits per heavy atom. The monoisotopic (exact) mass is 281 g/mol. The lowest BCUT2D eigenvalue weighted by molar-refractivity contribution is -0.123. The molecule has 0 bridgehead atoms. The summed E-state index contributed by atoms with van der Waals surface area (Å²) in [5, 5.41) is 2.78. The predicted octanol–water partition coefficient (Wildman–Crippen LogP) is 2.14. The smallest absolute Gasteiger partial charge is 0.220 e. The predicted molar refractivity (Wildman–Crippen MR) is 73.1 cm³/mol. The van der Waals surface area contributed by atoms with Crippen LogP contribution < -0.4 is 10.1 Å². The Labute approximate surface area is 118 Å². The topological polar surface area (TPSA) is 47.6 Å². The van der Waals surface area contributed by atoms with E-state index < -0.39 is 5.82 Å². The average Bonchev–Trinajstić information content (AvgIpc) is 2.46. The lowest BCUT2D eigenvalue weighted by Crippen LogP contribution is -2.31. The average molecular weight is 281 g/mol. The van der Waals surface area contributed by atoms with E-state index >= 15 is 0 Å². The van der Waals surface area contributed by atoms with Crippen LogP contribution in [0.5, 0.6) is 5.75 Å². The van der Waals surface area contributed by atoms with Gasteiger partial charge in [-0.15, -0.1) is 0 Å². The summed E-state index contributed by atoms with van der Waals surface area (Å²) in [6, 6.07) is 6.23. The number of benzene rings is 1. The number of hydrogen-bond acceptors (Lipinski definition) is 3. The Bertz CT molecular complexity index is 433. The maximum absolute atomic E-state index is 13.3. The van der Waals surface area contributed by atoms with Gasteiger partial charge in [0.2, 0.25) is 5.91 Å². The summed E-state index contributed by atoms with van der Waals surface area (Å²) in [6.45, 7) is 2.10. The van der Waals surface area contributed by atoms with Crippen molar-refractivity contribution in [3.05, 3.63) is 30.1 Å². The van der Waals surface area contributed by atoms with E-state index in [9.17, 15) is 9.18 Å². The van der Waals surface area contributed by atoms with Gasteiger partial charge in [-0.1, -0.05) is 12.1 Å². The Hall–Kier alpha value is -1.62. The molecule has 110 valence electrons. The second kappa shape index (κ2) is 7.85. The highest BCUT2D eigenvalue weighted by molar-refractivity contribution is 5.76. The minimum atomic E-state index is -0.391. The highest BCUT2D eigenvalue weighted by Gasteiger charge is 2.17. The molecule has 1 aliphatic rings. The Kier molecular flexibility index (Phi) is 5.80. The van der Waals surface area contributed by atoms with Gasteiger partial charge in [0.15, 0.2) is 11.6 Å². The molecule has 1 amide bonds. The third-order valence-electron chi connectivity index (χ3n) is 3.25. The number of rotatable bonds is 6. The van der Waals surface area contributed by atoms with E-state index in [2.05, 4.69) is 5.32 Å². The molecule has 1 N–H and O–H groups in total. The van der Waals surface area contributed by atoms with Gasteiger partial charge < -0.3 is 14.8 Å². The van der Waals surface area contributed by atoms with Crippen LogP contribution in [0.4, 0.5) is 4.39 Å². The molecule has 4 nitrogen and oxygen atoms in total. The highest BCUT2D eigenvalue weighted by Crippen LogP contribution is 2.17. The van der Waals surface area contributed by atoms with E-state index in [-0.39, 0.29) is 18.3 Å². The fourth-order valence-electron chi connectivity index (χ4n) is 2.22. The fraction of sp³-hybridized carbons (Fsp3) is 0.533. The quantitative estimate of drug-likeness (QED) is 0.813. The Balaban J connectivity index is 1.60. The zero-order valence-corrected chi connectivity index (χ0v) is 11.4. The number of halogens is 1. The standard InChI is InChI=1S/C15H20FNO3/c16-13-5-1-2-6-14(13)20-9-7-17-15(18)10-12-4-3-8-19-11-12/h1-2,5-6,12H,3-4,7-11H2,(H,17,18). The molecule has 1 heterocycles. The van der Waals surface area contributed by atoms with E-state index in [0.29, 0.717) is 25.5 Å². The third-order valence-corrected chi connectivity index (χ3v) is 3.25. The first kappa shape index (κ1) is 14.8. The van der Waals surface area contributed by atoms with Crippen LogP contribution in [0.2, 0.25) is 0 Å². The first-order chi connectivity index (χ1) is 9.75. The van der Waals surface area contributed by atoms with Gasteiger partial charge in [0.05, 0.1) is 6.54 Å². The molecule has 1 aliphatic heterocycles. The number of ether oxygens (including phenoxy) is 2. The van der Waals surface area contributed by atoms with Crippen molar-refractivity contribution >= 4 is 5.91 Å². The molecule has 5 heteroatoms. The normalized spacial score (nSPS) is 18.6. The lowest BCUT2D eigenvalue weighted by Gasteiger charge is -2.21. The zero-order chi connectivity index (χ0) is 14.2. The van der Waals surface area contributed by atoms with Gasteiger partial charge in [-0.25, -0.2) is 4.39 Å². The molecule has 0 aromatic heterocycles. The van der Waals surface area contributed by atoms with Crippen molar-refractivity contribution in [3.8, 4) is 5.75 Å². The van der Waals surface area contributed by atoms with Crippen LogP contribution in [0, 0.1) is 11.7 Å². The van der Waals surface area contributed by atoms with Crippen LogP contribution in [0.1, 0.15) is 19.3 Å². The van der Waals surface area contributed by atoms with E-state index in [1.807, 2.05) is 0 Å².